The lowest BCUT2D eigenvalue weighted by Crippen LogP contribution is -2.46. The van der Waals surface area contributed by atoms with E-state index in [9.17, 15) is 19.5 Å². The molecule has 0 bridgehead atoms. The highest BCUT2D eigenvalue weighted by atomic mass is 16.3. The van der Waals surface area contributed by atoms with Crippen LogP contribution in [0.15, 0.2) is 24.3 Å². The van der Waals surface area contributed by atoms with Crippen LogP contribution in [-0.2, 0) is 0 Å². The van der Waals surface area contributed by atoms with Crippen molar-refractivity contribution < 1.29 is 19.5 Å². The molecule has 0 spiro atoms. The normalized spacial score (nSPS) is 19.8. The number of rotatable bonds is 4. The largest absolute Gasteiger partial charge is 0.369 e. The summed E-state index contributed by atoms with van der Waals surface area (Å²) in [5.41, 5.74) is 1.79. The predicted molar refractivity (Wildman–Crippen MR) is 105 cm³/mol. The zero-order chi connectivity index (χ0) is 20.3. The maximum absolute atomic E-state index is 13.3. The van der Waals surface area contributed by atoms with E-state index in [1.165, 1.54) is 7.05 Å². The molecule has 2 atom stereocenters. The van der Waals surface area contributed by atoms with Gasteiger partial charge in [0.05, 0.1) is 0 Å². The van der Waals surface area contributed by atoms with Crippen LogP contribution in [0.25, 0.3) is 10.8 Å². The predicted octanol–water partition coefficient (Wildman–Crippen LogP) is 3.34. The van der Waals surface area contributed by atoms with Crippen molar-refractivity contribution in [1.82, 2.24) is 9.80 Å². The molecule has 0 fully saturated rings. The van der Waals surface area contributed by atoms with E-state index in [2.05, 4.69) is 13.8 Å². The molecule has 6 heteroatoms. The molecule has 2 aliphatic heterocycles. The van der Waals surface area contributed by atoms with E-state index in [1.807, 2.05) is 6.92 Å². The topological polar surface area (TPSA) is 77.9 Å². The van der Waals surface area contributed by atoms with Gasteiger partial charge < -0.3 is 10.0 Å². The Morgan fingerprint density at radius 1 is 0.929 bits per heavy atom. The zero-order valence-electron chi connectivity index (χ0n) is 16.5. The van der Waals surface area contributed by atoms with E-state index in [1.54, 1.807) is 29.2 Å². The SMILES string of the molecule is CCC(CC(C)C)N1C(=O)c2ccc3c4c(ccc(c24)C1O)C(=O)N(C)C3=O. The van der Waals surface area contributed by atoms with Crippen LogP contribution in [0.5, 0.6) is 0 Å². The molecule has 2 unspecified atom stereocenters. The summed E-state index contributed by atoms with van der Waals surface area (Å²) < 4.78 is 0. The van der Waals surface area contributed by atoms with Gasteiger partial charge in [0.1, 0.15) is 0 Å². The summed E-state index contributed by atoms with van der Waals surface area (Å²) in [6.07, 6.45) is 0.422. The summed E-state index contributed by atoms with van der Waals surface area (Å²) in [5, 5.41) is 12.1. The van der Waals surface area contributed by atoms with Gasteiger partial charge in [-0.15, -0.1) is 0 Å². The Morgan fingerprint density at radius 2 is 1.46 bits per heavy atom. The monoisotopic (exact) mass is 380 g/mol. The molecule has 0 radical (unpaired) electrons. The molecule has 0 aromatic heterocycles. The zero-order valence-corrected chi connectivity index (χ0v) is 16.5. The van der Waals surface area contributed by atoms with Crippen molar-refractivity contribution in [3.05, 3.63) is 46.5 Å². The number of carbonyl (C=O) groups excluding carboxylic acids is 3. The van der Waals surface area contributed by atoms with E-state index < -0.39 is 18.0 Å². The molecule has 2 aliphatic rings. The third kappa shape index (κ3) is 2.41. The molecule has 6 nitrogen and oxygen atoms in total. The highest BCUT2D eigenvalue weighted by molar-refractivity contribution is 6.28. The Hall–Kier alpha value is -2.73. The molecule has 3 amide bonds. The number of carbonyl (C=O) groups is 3. The Bertz CT molecular complexity index is 1000. The fourth-order valence-corrected chi connectivity index (χ4v) is 4.51. The molecule has 0 saturated carbocycles. The van der Waals surface area contributed by atoms with Crippen molar-refractivity contribution in [3.8, 4) is 0 Å². The molecule has 4 rings (SSSR count). The lowest BCUT2D eigenvalue weighted by molar-refractivity contribution is -0.0204. The number of aliphatic hydroxyl groups is 1. The van der Waals surface area contributed by atoms with Crippen molar-refractivity contribution in [2.24, 2.45) is 5.92 Å². The fourth-order valence-electron chi connectivity index (χ4n) is 4.51. The Labute approximate surface area is 163 Å². The van der Waals surface area contributed by atoms with Crippen molar-refractivity contribution in [1.29, 1.82) is 0 Å². The molecule has 0 saturated heterocycles. The van der Waals surface area contributed by atoms with Crippen molar-refractivity contribution in [3.63, 3.8) is 0 Å². The molecule has 146 valence electrons. The lowest BCUT2D eigenvalue weighted by Gasteiger charge is -2.40. The number of imide groups is 1. The average molecular weight is 380 g/mol. The van der Waals surface area contributed by atoms with Crippen LogP contribution in [0, 0.1) is 5.92 Å². The first-order valence-electron chi connectivity index (χ1n) is 9.70. The van der Waals surface area contributed by atoms with Gasteiger partial charge in [0.15, 0.2) is 6.23 Å². The van der Waals surface area contributed by atoms with Crippen LogP contribution in [0.4, 0.5) is 0 Å². The van der Waals surface area contributed by atoms with Crippen LogP contribution in [0.3, 0.4) is 0 Å². The number of aliphatic hydroxyl groups excluding tert-OH is 1. The van der Waals surface area contributed by atoms with Gasteiger partial charge in [0, 0.05) is 46.1 Å². The molecular formula is C22H24N2O4. The fraction of sp³-hybridized carbons (Fsp3) is 0.409. The van der Waals surface area contributed by atoms with Crippen LogP contribution in [0.1, 0.15) is 76.5 Å². The molecule has 0 aliphatic carbocycles. The number of hydrogen-bond acceptors (Lipinski definition) is 4. The minimum atomic E-state index is -1.10. The van der Waals surface area contributed by atoms with Gasteiger partial charge in [-0.1, -0.05) is 26.8 Å². The first-order valence-corrected chi connectivity index (χ1v) is 9.70. The maximum Gasteiger partial charge on any atom is 0.261 e. The van der Waals surface area contributed by atoms with Gasteiger partial charge in [-0.2, -0.15) is 0 Å². The van der Waals surface area contributed by atoms with Gasteiger partial charge in [-0.05, 0) is 37.0 Å². The van der Waals surface area contributed by atoms with Crippen LogP contribution in [-0.4, -0.2) is 45.7 Å². The summed E-state index contributed by atoms with van der Waals surface area (Å²) in [7, 11) is 1.45. The molecule has 28 heavy (non-hydrogen) atoms. The lowest BCUT2D eigenvalue weighted by atomic mass is 9.84. The second kappa shape index (κ2) is 6.41. The molecular weight excluding hydrogens is 356 g/mol. The number of nitrogens with zero attached hydrogens (tertiary/aromatic N) is 2. The molecule has 2 heterocycles. The van der Waals surface area contributed by atoms with E-state index in [0.29, 0.717) is 38.9 Å². The summed E-state index contributed by atoms with van der Waals surface area (Å²) in [5.74, 6) is -0.656. The van der Waals surface area contributed by atoms with Gasteiger partial charge in [0.25, 0.3) is 17.7 Å². The quantitative estimate of drug-likeness (QED) is 0.826. The highest BCUT2D eigenvalue weighted by Gasteiger charge is 2.40. The van der Waals surface area contributed by atoms with Crippen molar-refractivity contribution in [2.45, 2.75) is 45.9 Å². The van der Waals surface area contributed by atoms with Gasteiger partial charge >= 0.3 is 0 Å². The Morgan fingerprint density at radius 3 is 2.00 bits per heavy atom. The number of amides is 3. The number of benzene rings is 2. The third-order valence-electron chi connectivity index (χ3n) is 5.88. The Kier molecular flexibility index (Phi) is 4.27. The molecule has 2 aromatic rings. The first-order chi connectivity index (χ1) is 13.3. The summed E-state index contributed by atoms with van der Waals surface area (Å²) in [4.78, 5) is 41.2. The van der Waals surface area contributed by atoms with Crippen LogP contribution in [0.2, 0.25) is 0 Å². The van der Waals surface area contributed by atoms with Crippen LogP contribution < -0.4 is 0 Å². The third-order valence-corrected chi connectivity index (χ3v) is 5.88. The highest BCUT2D eigenvalue weighted by Crippen LogP contribution is 2.42. The van der Waals surface area contributed by atoms with E-state index in [4.69, 9.17) is 0 Å². The first kappa shape index (κ1) is 18.6. The average Bonchev–Trinajstić information content (AvgIpc) is 2.67. The van der Waals surface area contributed by atoms with Crippen molar-refractivity contribution in [2.75, 3.05) is 7.05 Å². The van der Waals surface area contributed by atoms with E-state index in [-0.39, 0.29) is 11.9 Å². The minimum absolute atomic E-state index is 0.0904. The van der Waals surface area contributed by atoms with E-state index >= 15 is 0 Å². The van der Waals surface area contributed by atoms with Crippen LogP contribution >= 0.6 is 0 Å². The standard InChI is InChI=1S/C22H24N2O4/c1-5-12(10-11(2)3)24-21(27)15-8-6-13-17-14(20(26)23(4)19(13)25)7-9-16(18(15)17)22(24)28/h6-9,11-12,21,27H,5,10H2,1-4H3. The summed E-state index contributed by atoms with van der Waals surface area (Å²) >= 11 is 0. The smallest absolute Gasteiger partial charge is 0.261 e. The number of hydrogen-bond donors (Lipinski definition) is 1. The summed E-state index contributed by atoms with van der Waals surface area (Å²) in [6, 6.07) is 6.53. The Balaban J connectivity index is 1.96. The second-order valence-corrected chi connectivity index (χ2v) is 8.06. The van der Waals surface area contributed by atoms with Crippen molar-refractivity contribution >= 4 is 28.5 Å². The van der Waals surface area contributed by atoms with Gasteiger partial charge in [-0.25, -0.2) is 0 Å². The summed E-state index contributed by atoms with van der Waals surface area (Å²) in [6.45, 7) is 6.20. The van der Waals surface area contributed by atoms with E-state index in [0.717, 1.165) is 17.7 Å². The molecule has 1 N–H and O–H groups in total. The maximum atomic E-state index is 13.3. The molecule has 2 aromatic carbocycles. The second-order valence-electron chi connectivity index (χ2n) is 8.06. The van der Waals surface area contributed by atoms with Gasteiger partial charge in [0.2, 0.25) is 0 Å². The minimum Gasteiger partial charge on any atom is -0.369 e. The van der Waals surface area contributed by atoms with Gasteiger partial charge in [-0.3, -0.25) is 19.3 Å².